The van der Waals surface area contributed by atoms with Crippen molar-refractivity contribution < 1.29 is 22.8 Å². The van der Waals surface area contributed by atoms with Gasteiger partial charge in [0.15, 0.2) is 0 Å². The number of aromatic nitrogens is 1. The molecule has 0 saturated heterocycles. The molecular weight excluding hydrogens is 363 g/mol. The van der Waals surface area contributed by atoms with Gasteiger partial charge in [0, 0.05) is 38.5 Å². The Labute approximate surface area is 153 Å². The SMILES string of the molecule is CN(C)C(=O)c1ccc(CNC(=O)Cn2cc(C(F)(F)F)ccc2=O)cc1. The lowest BCUT2D eigenvalue weighted by molar-refractivity contribution is -0.138. The molecule has 0 unspecified atom stereocenters. The number of carbonyl (C=O) groups is 2. The summed E-state index contributed by atoms with van der Waals surface area (Å²) in [4.78, 5) is 36.8. The number of nitrogens with one attached hydrogen (secondary N) is 1. The van der Waals surface area contributed by atoms with Gasteiger partial charge in [-0.3, -0.25) is 14.4 Å². The highest BCUT2D eigenvalue weighted by Gasteiger charge is 2.31. The van der Waals surface area contributed by atoms with Crippen LogP contribution in [-0.4, -0.2) is 35.4 Å². The molecule has 2 rings (SSSR count). The summed E-state index contributed by atoms with van der Waals surface area (Å²) >= 11 is 0. The van der Waals surface area contributed by atoms with Crippen molar-refractivity contribution in [3.63, 3.8) is 0 Å². The number of hydrogen-bond donors (Lipinski definition) is 1. The maximum atomic E-state index is 12.7. The summed E-state index contributed by atoms with van der Waals surface area (Å²) in [5.41, 5.74) is -0.513. The fourth-order valence-corrected chi connectivity index (χ4v) is 2.26. The van der Waals surface area contributed by atoms with Gasteiger partial charge in [0.25, 0.3) is 11.5 Å². The molecular formula is C18H18F3N3O3. The van der Waals surface area contributed by atoms with Crippen LogP contribution in [0.15, 0.2) is 47.4 Å². The van der Waals surface area contributed by atoms with E-state index in [2.05, 4.69) is 5.32 Å². The second-order valence-corrected chi connectivity index (χ2v) is 6.05. The van der Waals surface area contributed by atoms with Crippen LogP contribution in [0.5, 0.6) is 0 Å². The summed E-state index contributed by atoms with van der Waals surface area (Å²) in [5.74, 6) is -0.764. The maximum absolute atomic E-state index is 12.7. The first-order valence-electron chi connectivity index (χ1n) is 7.93. The number of alkyl halides is 3. The Hall–Kier alpha value is -3.10. The van der Waals surface area contributed by atoms with Crippen LogP contribution in [0.25, 0.3) is 0 Å². The molecule has 0 fully saturated rings. The largest absolute Gasteiger partial charge is 0.417 e. The lowest BCUT2D eigenvalue weighted by Gasteiger charge is -2.12. The van der Waals surface area contributed by atoms with E-state index >= 15 is 0 Å². The van der Waals surface area contributed by atoms with Crippen molar-refractivity contribution in [2.75, 3.05) is 14.1 Å². The zero-order chi connectivity index (χ0) is 20.2. The Morgan fingerprint density at radius 2 is 1.70 bits per heavy atom. The monoisotopic (exact) mass is 381 g/mol. The number of benzene rings is 1. The van der Waals surface area contributed by atoms with E-state index in [1.54, 1.807) is 38.4 Å². The summed E-state index contributed by atoms with van der Waals surface area (Å²) < 4.78 is 38.8. The van der Waals surface area contributed by atoms with Crippen LogP contribution < -0.4 is 10.9 Å². The van der Waals surface area contributed by atoms with Crippen molar-refractivity contribution in [3.05, 3.63) is 69.6 Å². The molecule has 27 heavy (non-hydrogen) atoms. The highest BCUT2D eigenvalue weighted by Crippen LogP contribution is 2.27. The minimum atomic E-state index is -4.60. The molecule has 9 heteroatoms. The molecule has 1 aromatic carbocycles. The Kier molecular flexibility index (Phi) is 6.04. The average Bonchev–Trinajstić information content (AvgIpc) is 2.60. The molecule has 0 spiro atoms. The van der Waals surface area contributed by atoms with Crippen molar-refractivity contribution in [3.8, 4) is 0 Å². The zero-order valence-corrected chi connectivity index (χ0v) is 14.7. The first-order valence-corrected chi connectivity index (χ1v) is 7.93. The van der Waals surface area contributed by atoms with E-state index in [1.165, 1.54) is 4.90 Å². The molecule has 144 valence electrons. The maximum Gasteiger partial charge on any atom is 0.417 e. The number of amides is 2. The topological polar surface area (TPSA) is 71.4 Å². The van der Waals surface area contributed by atoms with Gasteiger partial charge in [-0.1, -0.05) is 12.1 Å². The smallest absolute Gasteiger partial charge is 0.350 e. The van der Waals surface area contributed by atoms with E-state index < -0.39 is 29.8 Å². The number of nitrogens with zero attached hydrogens (tertiary/aromatic N) is 2. The summed E-state index contributed by atoms with van der Waals surface area (Å²) in [6, 6.07) is 7.99. The van der Waals surface area contributed by atoms with Gasteiger partial charge in [-0.05, 0) is 23.8 Å². The van der Waals surface area contributed by atoms with Crippen LogP contribution in [0.3, 0.4) is 0 Å². The first kappa shape index (κ1) is 20.2. The predicted molar refractivity (Wildman–Crippen MR) is 92.0 cm³/mol. The minimum absolute atomic E-state index is 0.114. The highest BCUT2D eigenvalue weighted by molar-refractivity contribution is 5.93. The fourth-order valence-electron chi connectivity index (χ4n) is 2.26. The second-order valence-electron chi connectivity index (χ2n) is 6.05. The van der Waals surface area contributed by atoms with Gasteiger partial charge in [-0.25, -0.2) is 0 Å². The minimum Gasteiger partial charge on any atom is -0.350 e. The Balaban J connectivity index is 1.99. The first-order chi connectivity index (χ1) is 12.6. The number of hydrogen-bond acceptors (Lipinski definition) is 3. The third-order valence-corrected chi connectivity index (χ3v) is 3.72. The molecule has 0 radical (unpaired) electrons. The molecule has 0 atom stereocenters. The van der Waals surface area contributed by atoms with E-state index in [0.717, 1.165) is 6.07 Å². The summed E-state index contributed by atoms with van der Waals surface area (Å²) in [6.07, 6.45) is -3.98. The molecule has 0 aliphatic carbocycles. The number of rotatable bonds is 5. The van der Waals surface area contributed by atoms with Crippen LogP contribution in [0.1, 0.15) is 21.5 Å². The van der Waals surface area contributed by atoms with Crippen LogP contribution in [0.4, 0.5) is 13.2 Å². The summed E-state index contributed by atoms with van der Waals surface area (Å²) in [6.45, 7) is -0.414. The Morgan fingerprint density at radius 3 is 2.26 bits per heavy atom. The van der Waals surface area contributed by atoms with Crippen molar-refractivity contribution in [1.82, 2.24) is 14.8 Å². The molecule has 1 heterocycles. The van der Waals surface area contributed by atoms with Gasteiger partial charge in [0.05, 0.1) is 5.56 Å². The molecule has 0 bridgehead atoms. The molecule has 1 aromatic heterocycles. The third kappa shape index (κ3) is 5.44. The lowest BCUT2D eigenvalue weighted by Crippen LogP contribution is -2.32. The molecule has 2 amide bonds. The lowest BCUT2D eigenvalue weighted by atomic mass is 10.1. The molecule has 0 saturated carbocycles. The molecule has 6 nitrogen and oxygen atoms in total. The van der Waals surface area contributed by atoms with Gasteiger partial charge >= 0.3 is 6.18 Å². The molecule has 1 N–H and O–H groups in total. The van der Waals surface area contributed by atoms with E-state index in [1.807, 2.05) is 0 Å². The standard InChI is InChI=1S/C18H18F3N3O3/c1-23(2)17(27)13-5-3-12(4-6-13)9-22-15(25)11-24-10-14(18(19,20)21)7-8-16(24)26/h3-8,10H,9,11H2,1-2H3,(H,22,25). The number of halogens is 3. The van der Waals surface area contributed by atoms with Gasteiger partial charge in [-0.15, -0.1) is 0 Å². The van der Waals surface area contributed by atoms with Gasteiger partial charge < -0.3 is 14.8 Å². The average molecular weight is 381 g/mol. The van der Waals surface area contributed by atoms with Crippen molar-refractivity contribution >= 4 is 11.8 Å². The Morgan fingerprint density at radius 1 is 1.07 bits per heavy atom. The van der Waals surface area contributed by atoms with E-state index in [-0.39, 0.29) is 12.5 Å². The predicted octanol–water partition coefficient (Wildman–Crippen LogP) is 1.89. The van der Waals surface area contributed by atoms with Crippen LogP contribution in [0, 0.1) is 0 Å². The van der Waals surface area contributed by atoms with E-state index in [0.29, 0.717) is 28.0 Å². The van der Waals surface area contributed by atoms with Gasteiger partial charge in [0.2, 0.25) is 5.91 Å². The summed E-state index contributed by atoms with van der Waals surface area (Å²) in [7, 11) is 3.26. The fraction of sp³-hybridized carbons (Fsp3) is 0.278. The van der Waals surface area contributed by atoms with Gasteiger partial charge in [-0.2, -0.15) is 13.2 Å². The molecule has 0 aliphatic heterocycles. The normalized spacial score (nSPS) is 11.1. The summed E-state index contributed by atoms with van der Waals surface area (Å²) in [5, 5.41) is 2.53. The van der Waals surface area contributed by atoms with E-state index in [9.17, 15) is 27.6 Å². The van der Waals surface area contributed by atoms with Crippen LogP contribution >= 0.6 is 0 Å². The van der Waals surface area contributed by atoms with Gasteiger partial charge in [0.1, 0.15) is 6.54 Å². The molecule has 2 aromatic rings. The third-order valence-electron chi connectivity index (χ3n) is 3.72. The quantitative estimate of drug-likeness (QED) is 0.860. The highest BCUT2D eigenvalue weighted by atomic mass is 19.4. The second kappa shape index (κ2) is 8.07. The zero-order valence-electron chi connectivity index (χ0n) is 14.7. The number of pyridine rings is 1. The molecule has 0 aliphatic rings. The van der Waals surface area contributed by atoms with Crippen LogP contribution in [-0.2, 0) is 24.1 Å². The number of carbonyl (C=O) groups excluding carboxylic acids is 2. The van der Waals surface area contributed by atoms with Crippen molar-refractivity contribution in [2.24, 2.45) is 0 Å². The van der Waals surface area contributed by atoms with E-state index in [4.69, 9.17) is 0 Å². The van der Waals surface area contributed by atoms with Crippen molar-refractivity contribution in [1.29, 1.82) is 0 Å². The van der Waals surface area contributed by atoms with Crippen LogP contribution in [0.2, 0.25) is 0 Å². The van der Waals surface area contributed by atoms with Crippen molar-refractivity contribution in [2.45, 2.75) is 19.3 Å². The Bertz CT molecular complexity index is 887.